The predicted octanol–water partition coefficient (Wildman–Crippen LogP) is 2.38. The smallest absolute Gasteiger partial charge is 0.253 e. The van der Waals surface area contributed by atoms with Crippen LogP contribution in [-0.2, 0) is 0 Å². The first-order valence-electron chi connectivity index (χ1n) is 7.13. The van der Waals surface area contributed by atoms with Crippen LogP contribution < -0.4 is 16.2 Å². The molecule has 3 aromatic rings. The lowest BCUT2D eigenvalue weighted by Gasteiger charge is -2.15. The van der Waals surface area contributed by atoms with Crippen molar-refractivity contribution in [2.45, 2.75) is 13.8 Å². The average Bonchev–Trinajstić information content (AvgIpc) is 2.80. The second kappa shape index (κ2) is 5.68. The van der Waals surface area contributed by atoms with Crippen LogP contribution in [0.15, 0.2) is 18.3 Å². The highest BCUT2D eigenvalue weighted by atomic mass is 35.5. The van der Waals surface area contributed by atoms with Gasteiger partial charge in [-0.25, -0.2) is 9.97 Å². The number of fused-ring (bicyclic) bond motifs is 1. The number of aryl methyl sites for hydroxylation is 2. The Bertz CT molecular complexity index is 980. The van der Waals surface area contributed by atoms with Gasteiger partial charge in [0.05, 0.1) is 23.7 Å². The van der Waals surface area contributed by atoms with Crippen LogP contribution in [0.25, 0.3) is 16.7 Å². The van der Waals surface area contributed by atoms with Crippen LogP contribution in [0.3, 0.4) is 0 Å². The maximum Gasteiger partial charge on any atom is 0.253 e. The fraction of sp³-hybridized carbons (Fsp3) is 0.188. The Morgan fingerprint density at radius 2 is 2.04 bits per heavy atom. The molecule has 4 N–H and O–H groups in total. The van der Waals surface area contributed by atoms with Crippen LogP contribution in [0.5, 0.6) is 5.75 Å². The molecule has 0 aliphatic carbocycles. The molecule has 2 aromatic heterocycles. The Morgan fingerprint density at radius 1 is 1.33 bits per heavy atom. The zero-order valence-electron chi connectivity index (χ0n) is 13.4. The Balaban J connectivity index is 2.50. The zero-order valence-corrected chi connectivity index (χ0v) is 14.2. The van der Waals surface area contributed by atoms with E-state index in [0.29, 0.717) is 33.3 Å². The van der Waals surface area contributed by atoms with Crippen LogP contribution in [0.1, 0.15) is 21.7 Å². The Morgan fingerprint density at radius 3 is 2.67 bits per heavy atom. The number of halogens is 1. The predicted molar refractivity (Wildman–Crippen MR) is 92.8 cm³/mol. The molecule has 124 valence electrons. The number of primary amides is 1. The molecular weight excluding hydrogens is 330 g/mol. The van der Waals surface area contributed by atoms with E-state index in [1.807, 2.05) is 13.0 Å². The number of benzene rings is 1. The quantitative estimate of drug-likeness (QED) is 0.757. The third kappa shape index (κ3) is 2.25. The molecule has 3 rings (SSSR count). The standard InChI is InChI=1S/C16H16ClN5O2/c1-7-4-5-10(24-3)12(17)13(7)22-14(18)11(15(19)23)9-6-20-8(2)21-16(9)22/h4-6H,18H2,1-3H3,(H2,19,23). The first-order chi connectivity index (χ1) is 11.4. The summed E-state index contributed by atoms with van der Waals surface area (Å²) in [5.74, 6) is 0.537. The molecule has 2 heterocycles. The summed E-state index contributed by atoms with van der Waals surface area (Å²) >= 11 is 6.49. The highest BCUT2D eigenvalue weighted by molar-refractivity contribution is 6.34. The number of methoxy groups -OCH3 is 1. The largest absolute Gasteiger partial charge is 0.495 e. The fourth-order valence-corrected chi connectivity index (χ4v) is 3.10. The molecule has 8 heteroatoms. The van der Waals surface area contributed by atoms with Crippen molar-refractivity contribution in [3.63, 3.8) is 0 Å². The summed E-state index contributed by atoms with van der Waals surface area (Å²) in [6.07, 6.45) is 1.54. The Hall–Kier alpha value is -2.80. The number of carbonyl (C=O) groups is 1. The van der Waals surface area contributed by atoms with Crippen LogP contribution in [0.4, 0.5) is 5.82 Å². The number of amides is 1. The second-order valence-corrected chi connectivity index (χ2v) is 5.74. The molecule has 0 aliphatic rings. The normalized spacial score (nSPS) is 11.0. The lowest BCUT2D eigenvalue weighted by atomic mass is 10.2. The van der Waals surface area contributed by atoms with Gasteiger partial charge in [-0.15, -0.1) is 0 Å². The van der Waals surface area contributed by atoms with E-state index in [2.05, 4.69) is 9.97 Å². The molecule has 0 spiro atoms. The van der Waals surface area contributed by atoms with E-state index in [4.69, 9.17) is 27.8 Å². The van der Waals surface area contributed by atoms with Gasteiger partial charge < -0.3 is 16.2 Å². The summed E-state index contributed by atoms with van der Waals surface area (Å²) in [6.45, 7) is 3.63. The van der Waals surface area contributed by atoms with Crippen LogP contribution >= 0.6 is 11.6 Å². The van der Waals surface area contributed by atoms with Crippen molar-refractivity contribution in [2.75, 3.05) is 12.8 Å². The number of rotatable bonds is 3. The van der Waals surface area contributed by atoms with E-state index in [1.54, 1.807) is 17.6 Å². The van der Waals surface area contributed by atoms with Crippen molar-refractivity contribution in [2.24, 2.45) is 5.73 Å². The third-order valence-electron chi connectivity index (χ3n) is 3.84. The van der Waals surface area contributed by atoms with Gasteiger partial charge in [0, 0.05) is 6.20 Å². The Labute approximate surface area is 143 Å². The summed E-state index contributed by atoms with van der Waals surface area (Å²) in [7, 11) is 1.53. The summed E-state index contributed by atoms with van der Waals surface area (Å²) < 4.78 is 6.90. The highest BCUT2D eigenvalue weighted by Crippen LogP contribution is 2.38. The van der Waals surface area contributed by atoms with Gasteiger partial charge >= 0.3 is 0 Å². The lowest BCUT2D eigenvalue weighted by Crippen LogP contribution is -2.14. The van der Waals surface area contributed by atoms with Gasteiger partial charge in [0.1, 0.15) is 22.4 Å². The number of nitrogens with two attached hydrogens (primary N) is 2. The van der Waals surface area contributed by atoms with E-state index in [-0.39, 0.29) is 11.4 Å². The topological polar surface area (TPSA) is 109 Å². The van der Waals surface area contributed by atoms with Gasteiger partial charge in [0.15, 0.2) is 5.65 Å². The minimum absolute atomic E-state index is 0.163. The molecule has 0 radical (unpaired) electrons. The van der Waals surface area contributed by atoms with E-state index < -0.39 is 5.91 Å². The molecule has 7 nitrogen and oxygen atoms in total. The third-order valence-corrected chi connectivity index (χ3v) is 4.20. The minimum Gasteiger partial charge on any atom is -0.495 e. The summed E-state index contributed by atoms with van der Waals surface area (Å²) in [4.78, 5) is 20.4. The minimum atomic E-state index is -0.652. The first-order valence-corrected chi connectivity index (χ1v) is 7.51. The number of carbonyl (C=O) groups excluding carboxylic acids is 1. The average molecular weight is 346 g/mol. The monoisotopic (exact) mass is 345 g/mol. The molecular formula is C16H16ClN5O2. The number of nitrogen functional groups attached to an aromatic ring is 1. The number of nitrogens with zero attached hydrogens (tertiary/aromatic N) is 3. The van der Waals surface area contributed by atoms with Crippen LogP contribution in [0, 0.1) is 13.8 Å². The number of hydrogen-bond donors (Lipinski definition) is 2. The number of anilines is 1. The zero-order chi connectivity index (χ0) is 17.6. The second-order valence-electron chi connectivity index (χ2n) is 5.36. The highest BCUT2D eigenvalue weighted by Gasteiger charge is 2.24. The lowest BCUT2D eigenvalue weighted by molar-refractivity contribution is 0.100. The molecule has 1 amide bonds. The van der Waals surface area contributed by atoms with Crippen molar-refractivity contribution in [1.82, 2.24) is 14.5 Å². The number of aromatic nitrogens is 3. The molecule has 0 atom stereocenters. The molecule has 1 aromatic carbocycles. The first kappa shape index (κ1) is 16.1. The van der Waals surface area contributed by atoms with Crippen molar-refractivity contribution in [3.05, 3.63) is 40.3 Å². The maximum absolute atomic E-state index is 11.9. The van der Waals surface area contributed by atoms with Gasteiger partial charge in [-0.1, -0.05) is 17.7 Å². The fourth-order valence-electron chi connectivity index (χ4n) is 2.73. The molecule has 0 saturated carbocycles. The summed E-state index contributed by atoms with van der Waals surface area (Å²) in [5, 5.41) is 0.845. The molecule has 24 heavy (non-hydrogen) atoms. The van der Waals surface area contributed by atoms with E-state index in [0.717, 1.165) is 5.56 Å². The van der Waals surface area contributed by atoms with Crippen molar-refractivity contribution in [1.29, 1.82) is 0 Å². The van der Waals surface area contributed by atoms with E-state index >= 15 is 0 Å². The molecule has 0 unspecified atom stereocenters. The van der Waals surface area contributed by atoms with Crippen LogP contribution in [-0.4, -0.2) is 27.6 Å². The Kier molecular flexibility index (Phi) is 3.81. The number of hydrogen-bond acceptors (Lipinski definition) is 5. The molecule has 0 bridgehead atoms. The SMILES string of the molecule is COc1ccc(C)c(-n2c(N)c(C(N)=O)c3cnc(C)nc32)c1Cl. The van der Waals surface area contributed by atoms with Gasteiger partial charge in [-0.3, -0.25) is 9.36 Å². The van der Waals surface area contributed by atoms with Crippen molar-refractivity contribution in [3.8, 4) is 11.4 Å². The van der Waals surface area contributed by atoms with Crippen LogP contribution in [0.2, 0.25) is 5.02 Å². The van der Waals surface area contributed by atoms with E-state index in [9.17, 15) is 4.79 Å². The number of ether oxygens (including phenoxy) is 1. The van der Waals surface area contributed by atoms with Crippen molar-refractivity contribution >= 4 is 34.4 Å². The van der Waals surface area contributed by atoms with Gasteiger partial charge in [0.2, 0.25) is 0 Å². The van der Waals surface area contributed by atoms with Gasteiger partial charge in [-0.2, -0.15) is 0 Å². The molecule has 0 fully saturated rings. The molecule has 0 saturated heterocycles. The molecule has 0 aliphatic heterocycles. The summed E-state index contributed by atoms with van der Waals surface area (Å²) in [5.41, 5.74) is 13.8. The van der Waals surface area contributed by atoms with Gasteiger partial charge in [-0.05, 0) is 25.5 Å². The maximum atomic E-state index is 11.9. The van der Waals surface area contributed by atoms with Gasteiger partial charge in [0.25, 0.3) is 5.91 Å². The van der Waals surface area contributed by atoms with E-state index in [1.165, 1.54) is 13.3 Å². The van der Waals surface area contributed by atoms with Crippen molar-refractivity contribution < 1.29 is 9.53 Å². The summed E-state index contributed by atoms with van der Waals surface area (Å²) in [6, 6.07) is 3.61.